The van der Waals surface area contributed by atoms with Crippen molar-refractivity contribution < 1.29 is 22.3 Å². The minimum atomic E-state index is -3.25. The van der Waals surface area contributed by atoms with E-state index in [0.29, 0.717) is 18.4 Å². The molecule has 110 valence electrons. The Morgan fingerprint density at radius 3 is 2.55 bits per heavy atom. The maximum atomic E-state index is 13.7. The van der Waals surface area contributed by atoms with Crippen LogP contribution >= 0.6 is 0 Å². The molecule has 1 saturated carbocycles. The summed E-state index contributed by atoms with van der Waals surface area (Å²) in [5.74, 6) is -1.71. The highest BCUT2D eigenvalue weighted by atomic mass is 32.2. The van der Waals surface area contributed by atoms with Gasteiger partial charge in [-0.25, -0.2) is 17.6 Å². The van der Waals surface area contributed by atoms with Crippen LogP contribution in [0.2, 0.25) is 0 Å². The number of halogens is 1. The second-order valence-electron chi connectivity index (χ2n) is 5.02. The van der Waals surface area contributed by atoms with E-state index in [1.165, 1.54) is 19.2 Å². The van der Waals surface area contributed by atoms with E-state index >= 15 is 0 Å². The van der Waals surface area contributed by atoms with Crippen molar-refractivity contribution in [2.24, 2.45) is 0 Å². The lowest BCUT2D eigenvalue weighted by molar-refractivity contribution is 0.0595. The highest BCUT2D eigenvalue weighted by Gasteiger charge is 2.29. The number of hydrogen-bond donors (Lipinski definition) is 0. The van der Waals surface area contributed by atoms with E-state index in [-0.39, 0.29) is 16.6 Å². The highest BCUT2D eigenvalue weighted by molar-refractivity contribution is 7.91. The predicted molar refractivity (Wildman–Crippen MR) is 72.6 cm³/mol. The summed E-state index contributed by atoms with van der Waals surface area (Å²) in [5.41, 5.74) is 0.177. The van der Waals surface area contributed by atoms with Gasteiger partial charge in [-0.1, -0.05) is 18.9 Å². The smallest absolute Gasteiger partial charge is 0.340 e. The second kappa shape index (κ2) is 5.91. The van der Waals surface area contributed by atoms with E-state index < -0.39 is 21.6 Å². The molecule has 0 heterocycles. The molecule has 0 radical (unpaired) electrons. The number of hydrogen-bond acceptors (Lipinski definition) is 4. The Labute approximate surface area is 117 Å². The molecule has 1 aromatic carbocycles. The summed E-state index contributed by atoms with van der Waals surface area (Å²) in [6.07, 6.45) is 3.23. The third-order valence-electron chi connectivity index (χ3n) is 3.62. The van der Waals surface area contributed by atoms with Crippen LogP contribution in [0.5, 0.6) is 0 Å². The monoisotopic (exact) mass is 300 g/mol. The fourth-order valence-electron chi connectivity index (χ4n) is 2.52. The lowest BCUT2D eigenvalue weighted by atomic mass is 10.1. The van der Waals surface area contributed by atoms with Crippen LogP contribution in [0.15, 0.2) is 18.2 Å². The Hall–Kier alpha value is -1.43. The largest absolute Gasteiger partial charge is 0.465 e. The van der Waals surface area contributed by atoms with E-state index in [0.717, 1.165) is 18.9 Å². The van der Waals surface area contributed by atoms with Crippen LogP contribution in [0.25, 0.3) is 0 Å². The Morgan fingerprint density at radius 2 is 2.00 bits per heavy atom. The summed E-state index contributed by atoms with van der Waals surface area (Å²) >= 11 is 0. The zero-order valence-corrected chi connectivity index (χ0v) is 12.1. The van der Waals surface area contributed by atoms with Gasteiger partial charge >= 0.3 is 5.97 Å². The van der Waals surface area contributed by atoms with Crippen LogP contribution in [0.1, 0.15) is 41.6 Å². The highest BCUT2D eigenvalue weighted by Crippen LogP contribution is 2.27. The standard InChI is InChI=1S/C14H17FO4S/c1-19-14(16)12-7-6-10(8-13(12)15)9-20(17,18)11-4-2-3-5-11/h6-8,11H,2-5,9H2,1H3. The lowest BCUT2D eigenvalue weighted by Crippen LogP contribution is -2.19. The van der Waals surface area contributed by atoms with Gasteiger partial charge in [0.1, 0.15) is 5.82 Å². The van der Waals surface area contributed by atoms with Crippen molar-refractivity contribution in [3.05, 3.63) is 35.1 Å². The van der Waals surface area contributed by atoms with Gasteiger partial charge in [0, 0.05) is 0 Å². The summed E-state index contributed by atoms with van der Waals surface area (Å²) in [5, 5.41) is -0.314. The van der Waals surface area contributed by atoms with Crippen LogP contribution in [-0.4, -0.2) is 26.7 Å². The molecule has 6 heteroatoms. The molecular weight excluding hydrogens is 283 g/mol. The number of benzene rings is 1. The van der Waals surface area contributed by atoms with E-state index in [1.54, 1.807) is 0 Å². The number of esters is 1. The van der Waals surface area contributed by atoms with Crippen molar-refractivity contribution in [3.8, 4) is 0 Å². The molecule has 0 aliphatic heterocycles. The first-order chi connectivity index (χ1) is 9.44. The van der Waals surface area contributed by atoms with Crippen molar-refractivity contribution >= 4 is 15.8 Å². The molecule has 0 unspecified atom stereocenters. The Morgan fingerprint density at radius 1 is 1.35 bits per heavy atom. The molecule has 0 aromatic heterocycles. The van der Waals surface area contributed by atoms with E-state index in [1.807, 2.05) is 0 Å². The molecule has 0 atom stereocenters. The van der Waals surface area contributed by atoms with Crippen molar-refractivity contribution in [1.82, 2.24) is 0 Å². The molecule has 2 rings (SSSR count). The van der Waals surface area contributed by atoms with Crippen molar-refractivity contribution in [2.75, 3.05) is 7.11 Å². The molecular formula is C14H17FO4S. The van der Waals surface area contributed by atoms with Crippen molar-refractivity contribution in [1.29, 1.82) is 0 Å². The van der Waals surface area contributed by atoms with E-state index in [4.69, 9.17) is 0 Å². The maximum Gasteiger partial charge on any atom is 0.340 e. The molecule has 20 heavy (non-hydrogen) atoms. The van der Waals surface area contributed by atoms with Gasteiger partial charge in [0.25, 0.3) is 0 Å². The van der Waals surface area contributed by atoms with Gasteiger partial charge in [0.15, 0.2) is 9.84 Å². The predicted octanol–water partition coefficient (Wildman–Crippen LogP) is 2.47. The summed E-state index contributed by atoms with van der Waals surface area (Å²) in [4.78, 5) is 11.3. The van der Waals surface area contributed by atoms with Crippen LogP contribution < -0.4 is 0 Å². The first kappa shape index (κ1) is 15.0. The SMILES string of the molecule is COC(=O)c1ccc(CS(=O)(=O)C2CCCC2)cc1F. The van der Waals surface area contributed by atoms with Gasteiger partial charge in [0.2, 0.25) is 0 Å². The Balaban J connectivity index is 2.18. The fraction of sp³-hybridized carbons (Fsp3) is 0.500. The third-order valence-corrected chi connectivity index (χ3v) is 5.84. The van der Waals surface area contributed by atoms with Crippen molar-refractivity contribution in [3.63, 3.8) is 0 Å². The zero-order chi connectivity index (χ0) is 14.8. The lowest BCUT2D eigenvalue weighted by Gasteiger charge is -2.11. The number of carbonyl (C=O) groups is 1. The van der Waals surface area contributed by atoms with Crippen molar-refractivity contribution in [2.45, 2.75) is 36.7 Å². The van der Waals surface area contributed by atoms with E-state index in [9.17, 15) is 17.6 Å². The van der Waals surface area contributed by atoms with Gasteiger partial charge in [0.05, 0.1) is 23.7 Å². The average Bonchev–Trinajstić information content (AvgIpc) is 2.92. The minimum Gasteiger partial charge on any atom is -0.465 e. The average molecular weight is 300 g/mol. The summed E-state index contributed by atoms with van der Waals surface area (Å²) in [6, 6.07) is 3.82. The van der Waals surface area contributed by atoms with Crippen LogP contribution in [0.3, 0.4) is 0 Å². The normalized spacial score (nSPS) is 16.3. The first-order valence-corrected chi connectivity index (χ1v) is 8.24. The second-order valence-corrected chi connectivity index (χ2v) is 7.30. The molecule has 0 bridgehead atoms. The van der Waals surface area contributed by atoms with Gasteiger partial charge in [-0.15, -0.1) is 0 Å². The van der Waals surface area contributed by atoms with Gasteiger partial charge in [-0.05, 0) is 30.5 Å². The van der Waals surface area contributed by atoms with Gasteiger partial charge in [-0.3, -0.25) is 0 Å². The zero-order valence-electron chi connectivity index (χ0n) is 11.3. The summed E-state index contributed by atoms with van der Waals surface area (Å²) in [6.45, 7) is 0. The maximum absolute atomic E-state index is 13.7. The molecule has 1 aliphatic rings. The molecule has 0 amide bonds. The van der Waals surface area contributed by atoms with Gasteiger partial charge in [-0.2, -0.15) is 0 Å². The van der Waals surface area contributed by atoms with Crippen LogP contribution in [0, 0.1) is 5.82 Å². The molecule has 1 aliphatic carbocycles. The van der Waals surface area contributed by atoms with Gasteiger partial charge < -0.3 is 4.74 Å². The number of methoxy groups -OCH3 is 1. The minimum absolute atomic E-state index is 0.184. The molecule has 0 spiro atoms. The Kier molecular flexibility index (Phi) is 4.42. The van der Waals surface area contributed by atoms with Crippen LogP contribution in [0.4, 0.5) is 4.39 Å². The van der Waals surface area contributed by atoms with Crippen LogP contribution in [-0.2, 0) is 20.3 Å². The number of ether oxygens (including phenoxy) is 1. The third kappa shape index (κ3) is 3.17. The number of sulfone groups is 1. The molecule has 1 fully saturated rings. The first-order valence-electron chi connectivity index (χ1n) is 6.52. The summed E-state index contributed by atoms with van der Waals surface area (Å²) in [7, 11) is -2.08. The molecule has 1 aromatic rings. The number of carbonyl (C=O) groups excluding carboxylic acids is 1. The molecule has 0 saturated heterocycles. The Bertz CT molecular complexity index is 604. The fourth-order valence-corrected chi connectivity index (χ4v) is 4.45. The topological polar surface area (TPSA) is 60.4 Å². The molecule has 4 nitrogen and oxygen atoms in total. The molecule has 0 N–H and O–H groups in total. The quantitative estimate of drug-likeness (QED) is 0.801. The number of rotatable bonds is 4. The summed E-state index contributed by atoms with van der Waals surface area (Å²) < 4.78 is 42.5. The van der Waals surface area contributed by atoms with E-state index in [2.05, 4.69) is 4.74 Å².